The van der Waals surface area contributed by atoms with Gasteiger partial charge < -0.3 is 16.4 Å². The molecule has 0 aliphatic rings. The van der Waals surface area contributed by atoms with E-state index in [1.807, 2.05) is 0 Å². The molecule has 0 saturated heterocycles. The van der Waals surface area contributed by atoms with Gasteiger partial charge in [-0.2, -0.15) is 0 Å². The SMILES string of the molecule is C=CC(=O)Nc1cccc(NC(=NC)C(F)=CN)c1. The van der Waals surface area contributed by atoms with Crippen LogP contribution in [0.4, 0.5) is 15.8 Å². The molecule has 0 heterocycles. The third-order valence-electron chi connectivity index (χ3n) is 2.17. The first-order chi connectivity index (χ1) is 9.10. The number of rotatable bonds is 4. The van der Waals surface area contributed by atoms with Gasteiger partial charge in [0.15, 0.2) is 11.7 Å². The predicted octanol–water partition coefficient (Wildman–Crippen LogP) is 2.02. The zero-order valence-electron chi connectivity index (χ0n) is 10.5. The highest BCUT2D eigenvalue weighted by Crippen LogP contribution is 2.16. The average Bonchev–Trinajstić information content (AvgIpc) is 2.44. The monoisotopic (exact) mass is 262 g/mol. The molecule has 1 amide bonds. The Balaban J connectivity index is 2.88. The number of nitrogens with two attached hydrogens (primary N) is 1. The summed E-state index contributed by atoms with van der Waals surface area (Å²) in [6.07, 6.45) is 1.98. The zero-order chi connectivity index (χ0) is 14.3. The van der Waals surface area contributed by atoms with Gasteiger partial charge in [-0.3, -0.25) is 9.79 Å². The molecule has 19 heavy (non-hydrogen) atoms. The average molecular weight is 262 g/mol. The van der Waals surface area contributed by atoms with E-state index in [-0.39, 0.29) is 11.7 Å². The number of nitrogens with zero attached hydrogens (tertiary/aromatic N) is 1. The molecule has 1 aromatic rings. The van der Waals surface area contributed by atoms with Crippen molar-refractivity contribution in [3.05, 3.63) is 48.9 Å². The van der Waals surface area contributed by atoms with E-state index in [2.05, 4.69) is 22.2 Å². The van der Waals surface area contributed by atoms with Gasteiger partial charge in [-0.1, -0.05) is 12.6 Å². The molecule has 0 unspecified atom stereocenters. The van der Waals surface area contributed by atoms with Crippen molar-refractivity contribution in [1.29, 1.82) is 0 Å². The van der Waals surface area contributed by atoms with Crippen molar-refractivity contribution < 1.29 is 9.18 Å². The Morgan fingerprint density at radius 2 is 2.05 bits per heavy atom. The van der Waals surface area contributed by atoms with Gasteiger partial charge >= 0.3 is 0 Å². The van der Waals surface area contributed by atoms with Gasteiger partial charge in [0.05, 0.1) is 0 Å². The lowest BCUT2D eigenvalue weighted by molar-refractivity contribution is -0.111. The standard InChI is InChI=1S/C13H15FN4O/c1-3-12(19)17-9-5-4-6-10(7-9)18-13(16-2)11(14)8-15/h3-8H,1,15H2,2H3,(H,16,18)(H,17,19). The number of carbonyl (C=O) groups is 1. The van der Waals surface area contributed by atoms with Crippen molar-refractivity contribution in [2.45, 2.75) is 0 Å². The van der Waals surface area contributed by atoms with Crippen molar-refractivity contribution in [3.63, 3.8) is 0 Å². The van der Waals surface area contributed by atoms with Crippen molar-refractivity contribution in [2.75, 3.05) is 17.7 Å². The van der Waals surface area contributed by atoms with Gasteiger partial charge in [0.25, 0.3) is 0 Å². The fraction of sp³-hybridized carbons (Fsp3) is 0.0769. The van der Waals surface area contributed by atoms with E-state index in [0.29, 0.717) is 11.4 Å². The summed E-state index contributed by atoms with van der Waals surface area (Å²) in [6, 6.07) is 6.75. The number of halogens is 1. The van der Waals surface area contributed by atoms with Crippen LogP contribution < -0.4 is 16.4 Å². The van der Waals surface area contributed by atoms with E-state index < -0.39 is 5.83 Å². The smallest absolute Gasteiger partial charge is 0.247 e. The molecule has 1 aromatic carbocycles. The molecular weight excluding hydrogens is 247 g/mol. The molecule has 0 fully saturated rings. The minimum atomic E-state index is -0.664. The van der Waals surface area contributed by atoms with Crippen LogP contribution in [-0.4, -0.2) is 18.8 Å². The zero-order valence-corrected chi connectivity index (χ0v) is 10.5. The van der Waals surface area contributed by atoms with Crippen molar-refractivity contribution in [3.8, 4) is 0 Å². The second kappa shape index (κ2) is 6.95. The molecule has 5 nitrogen and oxygen atoms in total. The van der Waals surface area contributed by atoms with Crippen molar-refractivity contribution in [1.82, 2.24) is 0 Å². The number of aliphatic imine (C=N–C) groups is 1. The molecule has 100 valence electrons. The molecule has 0 atom stereocenters. The summed E-state index contributed by atoms with van der Waals surface area (Å²) in [7, 11) is 1.44. The van der Waals surface area contributed by atoms with Crippen LogP contribution in [-0.2, 0) is 4.79 Å². The summed E-state index contributed by atoms with van der Waals surface area (Å²) in [5.74, 6) is -0.979. The Morgan fingerprint density at radius 1 is 1.42 bits per heavy atom. The molecule has 6 heteroatoms. The summed E-state index contributed by atoms with van der Waals surface area (Å²) < 4.78 is 13.3. The van der Waals surface area contributed by atoms with Gasteiger partial charge in [-0.05, 0) is 24.3 Å². The second-order valence-electron chi connectivity index (χ2n) is 3.49. The normalized spacial score (nSPS) is 11.9. The number of nitrogens with one attached hydrogen (secondary N) is 2. The Hall–Kier alpha value is -2.63. The number of amides is 1. The first-order valence-electron chi connectivity index (χ1n) is 5.45. The van der Waals surface area contributed by atoms with E-state index >= 15 is 0 Å². The van der Waals surface area contributed by atoms with Gasteiger partial charge in [0.1, 0.15) is 0 Å². The largest absolute Gasteiger partial charge is 0.402 e. The number of carbonyl (C=O) groups excluding carboxylic acids is 1. The van der Waals surface area contributed by atoms with Crippen LogP contribution in [0.5, 0.6) is 0 Å². The lowest BCUT2D eigenvalue weighted by atomic mass is 10.2. The lowest BCUT2D eigenvalue weighted by Gasteiger charge is -2.09. The molecule has 4 N–H and O–H groups in total. The van der Waals surface area contributed by atoms with E-state index in [9.17, 15) is 9.18 Å². The van der Waals surface area contributed by atoms with E-state index in [1.165, 1.54) is 7.05 Å². The van der Waals surface area contributed by atoms with Crippen LogP contribution in [0.1, 0.15) is 0 Å². The molecule has 0 spiro atoms. The Bertz CT molecular complexity index is 537. The first-order valence-corrected chi connectivity index (χ1v) is 5.45. The topological polar surface area (TPSA) is 79.5 Å². The van der Waals surface area contributed by atoms with Crippen LogP contribution in [0.3, 0.4) is 0 Å². The molecule has 0 radical (unpaired) electrons. The van der Waals surface area contributed by atoms with Crippen LogP contribution >= 0.6 is 0 Å². The number of amidine groups is 1. The molecule has 1 rings (SSSR count). The molecule has 0 aliphatic heterocycles. The molecule has 0 aromatic heterocycles. The second-order valence-corrected chi connectivity index (χ2v) is 3.49. The maximum absolute atomic E-state index is 13.3. The number of hydrogen-bond donors (Lipinski definition) is 3. The number of hydrogen-bond acceptors (Lipinski definition) is 3. The van der Waals surface area contributed by atoms with Crippen molar-refractivity contribution >= 4 is 23.1 Å². The minimum Gasteiger partial charge on any atom is -0.402 e. The van der Waals surface area contributed by atoms with Gasteiger partial charge in [0, 0.05) is 24.6 Å². The highest BCUT2D eigenvalue weighted by atomic mass is 19.1. The minimum absolute atomic E-state index is 0.00898. The summed E-state index contributed by atoms with van der Waals surface area (Å²) in [5.41, 5.74) is 6.22. The highest BCUT2D eigenvalue weighted by molar-refractivity contribution is 6.06. The van der Waals surface area contributed by atoms with Crippen LogP contribution in [0, 0.1) is 0 Å². The van der Waals surface area contributed by atoms with Crippen LogP contribution in [0.15, 0.2) is 53.9 Å². The predicted molar refractivity (Wildman–Crippen MR) is 75.6 cm³/mol. The molecular formula is C13H15FN4O. The summed E-state index contributed by atoms with van der Waals surface area (Å²) in [6.45, 7) is 3.36. The Morgan fingerprint density at radius 3 is 2.58 bits per heavy atom. The molecule has 0 aliphatic carbocycles. The molecule has 0 bridgehead atoms. The third kappa shape index (κ3) is 4.27. The fourth-order valence-electron chi connectivity index (χ4n) is 1.31. The van der Waals surface area contributed by atoms with Crippen LogP contribution in [0.25, 0.3) is 0 Å². The summed E-state index contributed by atoms with van der Waals surface area (Å²) in [4.78, 5) is 14.9. The van der Waals surface area contributed by atoms with E-state index in [0.717, 1.165) is 12.3 Å². The maximum Gasteiger partial charge on any atom is 0.247 e. The number of benzene rings is 1. The van der Waals surface area contributed by atoms with E-state index in [1.54, 1.807) is 24.3 Å². The van der Waals surface area contributed by atoms with Crippen LogP contribution in [0.2, 0.25) is 0 Å². The fourth-order valence-corrected chi connectivity index (χ4v) is 1.31. The quantitative estimate of drug-likeness (QED) is 0.441. The van der Waals surface area contributed by atoms with E-state index in [4.69, 9.17) is 5.73 Å². The van der Waals surface area contributed by atoms with Gasteiger partial charge in [-0.15, -0.1) is 0 Å². The van der Waals surface area contributed by atoms with Gasteiger partial charge in [-0.25, -0.2) is 4.39 Å². The Kier molecular flexibility index (Phi) is 5.28. The Labute approximate surface area is 110 Å². The summed E-state index contributed by atoms with van der Waals surface area (Å²) >= 11 is 0. The third-order valence-corrected chi connectivity index (χ3v) is 2.17. The molecule has 0 saturated carbocycles. The summed E-state index contributed by atoms with van der Waals surface area (Å²) in [5, 5.41) is 5.36. The lowest BCUT2D eigenvalue weighted by Crippen LogP contribution is -2.14. The van der Waals surface area contributed by atoms with Gasteiger partial charge in [0.2, 0.25) is 5.91 Å². The number of anilines is 2. The first kappa shape index (κ1) is 14.4. The highest BCUT2D eigenvalue weighted by Gasteiger charge is 2.06. The maximum atomic E-state index is 13.3. The van der Waals surface area contributed by atoms with Crippen molar-refractivity contribution in [2.24, 2.45) is 10.7 Å².